The van der Waals surface area contributed by atoms with Crippen LogP contribution >= 0.6 is 0 Å². The summed E-state index contributed by atoms with van der Waals surface area (Å²) in [6.45, 7) is 1.85. The summed E-state index contributed by atoms with van der Waals surface area (Å²) >= 11 is 0. The predicted molar refractivity (Wildman–Crippen MR) is 65.4 cm³/mol. The quantitative estimate of drug-likeness (QED) is 0.780. The SMILES string of the molecule is COc1ccc(C(=O)c2cncc(C)c2)cc1F. The smallest absolute Gasteiger partial charge is 0.194 e. The molecule has 2 aromatic rings. The van der Waals surface area contributed by atoms with Crippen LogP contribution in [0.3, 0.4) is 0 Å². The molecule has 0 aliphatic rings. The van der Waals surface area contributed by atoms with E-state index in [2.05, 4.69) is 4.98 Å². The highest BCUT2D eigenvalue weighted by Crippen LogP contribution is 2.19. The van der Waals surface area contributed by atoms with Gasteiger partial charge in [-0.2, -0.15) is 0 Å². The molecule has 1 heterocycles. The van der Waals surface area contributed by atoms with Crippen LogP contribution in [0.4, 0.5) is 4.39 Å². The highest BCUT2D eigenvalue weighted by Gasteiger charge is 2.12. The molecule has 0 radical (unpaired) electrons. The van der Waals surface area contributed by atoms with Gasteiger partial charge in [-0.15, -0.1) is 0 Å². The summed E-state index contributed by atoms with van der Waals surface area (Å²) in [5.74, 6) is -0.689. The Morgan fingerprint density at radius 1 is 1.22 bits per heavy atom. The molecule has 2 rings (SSSR count). The Labute approximate surface area is 104 Å². The van der Waals surface area contributed by atoms with E-state index in [4.69, 9.17) is 4.74 Å². The zero-order valence-electron chi connectivity index (χ0n) is 10.1. The van der Waals surface area contributed by atoms with Gasteiger partial charge in [-0.25, -0.2) is 4.39 Å². The Morgan fingerprint density at radius 2 is 2.00 bits per heavy atom. The first-order chi connectivity index (χ1) is 8.61. The summed E-state index contributed by atoms with van der Waals surface area (Å²) < 4.78 is 18.3. The van der Waals surface area contributed by atoms with Crippen molar-refractivity contribution in [2.24, 2.45) is 0 Å². The van der Waals surface area contributed by atoms with Gasteiger partial charge in [0.05, 0.1) is 7.11 Å². The van der Waals surface area contributed by atoms with Crippen LogP contribution in [0.2, 0.25) is 0 Å². The van der Waals surface area contributed by atoms with Gasteiger partial charge < -0.3 is 4.74 Å². The zero-order chi connectivity index (χ0) is 13.1. The van der Waals surface area contributed by atoms with E-state index in [1.165, 1.54) is 31.5 Å². The highest BCUT2D eigenvalue weighted by atomic mass is 19.1. The second-order valence-corrected chi connectivity index (χ2v) is 3.93. The van der Waals surface area contributed by atoms with Crippen LogP contribution in [0.25, 0.3) is 0 Å². The van der Waals surface area contributed by atoms with Crippen molar-refractivity contribution in [1.29, 1.82) is 0 Å². The molecular weight excluding hydrogens is 233 g/mol. The van der Waals surface area contributed by atoms with E-state index in [1.54, 1.807) is 12.3 Å². The molecule has 0 N–H and O–H groups in total. The maximum Gasteiger partial charge on any atom is 0.194 e. The molecule has 0 fully saturated rings. The summed E-state index contributed by atoms with van der Waals surface area (Å²) in [6, 6.07) is 5.86. The van der Waals surface area contributed by atoms with Crippen LogP contribution in [-0.4, -0.2) is 17.9 Å². The summed E-state index contributed by atoms with van der Waals surface area (Å²) in [5, 5.41) is 0. The number of rotatable bonds is 3. The first-order valence-corrected chi connectivity index (χ1v) is 5.41. The molecule has 0 spiro atoms. The van der Waals surface area contributed by atoms with E-state index >= 15 is 0 Å². The van der Waals surface area contributed by atoms with Crippen molar-refractivity contribution < 1.29 is 13.9 Å². The number of pyridine rings is 1. The minimum absolute atomic E-state index is 0.119. The Bertz CT molecular complexity index is 596. The van der Waals surface area contributed by atoms with Gasteiger partial charge in [0.2, 0.25) is 0 Å². The van der Waals surface area contributed by atoms with Crippen LogP contribution in [0.5, 0.6) is 5.75 Å². The van der Waals surface area contributed by atoms with Gasteiger partial charge in [0.25, 0.3) is 0 Å². The van der Waals surface area contributed by atoms with Gasteiger partial charge in [0.15, 0.2) is 17.3 Å². The summed E-state index contributed by atoms with van der Waals surface area (Å²) in [7, 11) is 1.38. The van der Waals surface area contributed by atoms with E-state index in [1.807, 2.05) is 6.92 Å². The fourth-order valence-electron chi connectivity index (χ4n) is 1.65. The number of methoxy groups -OCH3 is 1. The van der Waals surface area contributed by atoms with E-state index in [-0.39, 0.29) is 17.1 Å². The minimum atomic E-state index is -0.552. The topological polar surface area (TPSA) is 39.2 Å². The van der Waals surface area contributed by atoms with Gasteiger partial charge in [-0.05, 0) is 36.8 Å². The number of benzene rings is 1. The van der Waals surface area contributed by atoms with Crippen LogP contribution in [0.1, 0.15) is 21.5 Å². The van der Waals surface area contributed by atoms with Gasteiger partial charge in [0.1, 0.15) is 0 Å². The molecule has 0 amide bonds. The molecule has 0 bridgehead atoms. The van der Waals surface area contributed by atoms with E-state index in [0.717, 1.165) is 5.56 Å². The number of carbonyl (C=O) groups excluding carboxylic acids is 1. The second-order valence-electron chi connectivity index (χ2n) is 3.93. The molecular formula is C14H12FNO2. The number of hydrogen-bond acceptors (Lipinski definition) is 3. The molecule has 1 aromatic carbocycles. The van der Waals surface area contributed by atoms with Crippen molar-refractivity contribution in [2.45, 2.75) is 6.92 Å². The zero-order valence-corrected chi connectivity index (χ0v) is 10.1. The molecule has 4 heteroatoms. The largest absolute Gasteiger partial charge is 0.494 e. The second kappa shape index (κ2) is 4.96. The lowest BCUT2D eigenvalue weighted by Crippen LogP contribution is -2.03. The fraction of sp³-hybridized carbons (Fsp3) is 0.143. The van der Waals surface area contributed by atoms with Crippen molar-refractivity contribution in [1.82, 2.24) is 4.98 Å². The first kappa shape index (κ1) is 12.2. The minimum Gasteiger partial charge on any atom is -0.494 e. The number of carbonyl (C=O) groups is 1. The molecule has 0 aliphatic heterocycles. The number of ether oxygens (including phenoxy) is 1. The lowest BCUT2D eigenvalue weighted by Gasteiger charge is -2.05. The van der Waals surface area contributed by atoms with Gasteiger partial charge >= 0.3 is 0 Å². The predicted octanol–water partition coefficient (Wildman–Crippen LogP) is 2.77. The lowest BCUT2D eigenvalue weighted by molar-refractivity contribution is 0.103. The number of halogens is 1. The molecule has 0 saturated heterocycles. The third-order valence-electron chi connectivity index (χ3n) is 2.55. The number of nitrogens with zero attached hydrogens (tertiary/aromatic N) is 1. The summed E-state index contributed by atoms with van der Waals surface area (Å²) in [4.78, 5) is 16.1. The number of ketones is 1. The number of aryl methyl sites for hydroxylation is 1. The van der Waals surface area contributed by atoms with Crippen molar-refractivity contribution in [3.05, 3.63) is 59.2 Å². The average molecular weight is 245 g/mol. The van der Waals surface area contributed by atoms with Crippen molar-refractivity contribution in [3.8, 4) is 5.75 Å². The van der Waals surface area contributed by atoms with Crippen molar-refractivity contribution in [2.75, 3.05) is 7.11 Å². The van der Waals surface area contributed by atoms with E-state index in [9.17, 15) is 9.18 Å². The molecule has 0 saturated carbocycles. The van der Waals surface area contributed by atoms with Crippen molar-refractivity contribution >= 4 is 5.78 Å². The van der Waals surface area contributed by atoms with Crippen LogP contribution in [0.15, 0.2) is 36.7 Å². The monoisotopic (exact) mass is 245 g/mol. The molecule has 0 unspecified atom stereocenters. The molecule has 18 heavy (non-hydrogen) atoms. The molecule has 0 aliphatic carbocycles. The summed E-state index contributed by atoms with van der Waals surface area (Å²) in [5.41, 5.74) is 1.61. The highest BCUT2D eigenvalue weighted by molar-refractivity contribution is 6.08. The van der Waals surface area contributed by atoms with E-state index < -0.39 is 5.82 Å². The maximum atomic E-state index is 13.5. The molecule has 92 valence electrons. The Morgan fingerprint density at radius 3 is 2.61 bits per heavy atom. The third kappa shape index (κ3) is 2.37. The number of hydrogen-bond donors (Lipinski definition) is 0. The van der Waals surface area contributed by atoms with Crippen molar-refractivity contribution in [3.63, 3.8) is 0 Å². The Kier molecular flexibility index (Phi) is 3.37. The van der Waals surface area contributed by atoms with Crippen LogP contribution in [-0.2, 0) is 0 Å². The standard InChI is InChI=1S/C14H12FNO2/c1-9-5-11(8-16-7-9)14(17)10-3-4-13(18-2)12(15)6-10/h3-8H,1-2H3. The number of aromatic nitrogens is 1. The summed E-state index contributed by atoms with van der Waals surface area (Å²) in [6.07, 6.45) is 3.13. The maximum absolute atomic E-state index is 13.5. The van der Waals surface area contributed by atoms with Gasteiger partial charge in [-0.1, -0.05) is 0 Å². The van der Waals surface area contributed by atoms with Gasteiger partial charge in [-0.3, -0.25) is 9.78 Å². The van der Waals surface area contributed by atoms with Crippen LogP contribution < -0.4 is 4.74 Å². The average Bonchev–Trinajstić information content (AvgIpc) is 2.37. The normalized spacial score (nSPS) is 10.2. The van der Waals surface area contributed by atoms with Gasteiger partial charge in [0, 0.05) is 23.5 Å². The third-order valence-corrected chi connectivity index (χ3v) is 2.55. The van der Waals surface area contributed by atoms with Crippen LogP contribution in [0, 0.1) is 12.7 Å². The first-order valence-electron chi connectivity index (χ1n) is 5.41. The lowest BCUT2D eigenvalue weighted by atomic mass is 10.0. The molecule has 0 atom stereocenters. The molecule has 1 aromatic heterocycles. The Hall–Kier alpha value is -2.23. The van der Waals surface area contributed by atoms with E-state index in [0.29, 0.717) is 5.56 Å². The molecule has 3 nitrogen and oxygen atoms in total. The fourth-order valence-corrected chi connectivity index (χ4v) is 1.65. The Balaban J connectivity index is 2.37.